The molecule has 0 aliphatic carbocycles. The molecule has 0 bridgehead atoms. The van der Waals surface area contributed by atoms with E-state index in [1.807, 2.05) is 30.3 Å². The number of aliphatic carboxylic acids is 1. The molecule has 1 aromatic carbocycles. The van der Waals surface area contributed by atoms with E-state index in [9.17, 15) is 14.7 Å². The minimum absolute atomic E-state index is 0.217. The molecule has 1 heterocycles. The Bertz CT molecular complexity index is 596. The molecule has 1 saturated heterocycles. The van der Waals surface area contributed by atoms with E-state index < -0.39 is 30.3 Å². The third kappa shape index (κ3) is 4.30. The Labute approximate surface area is 133 Å². The molecule has 0 spiro atoms. The molecule has 1 aliphatic heterocycles. The molecular weight excluding hydrogens is 304 g/mol. The summed E-state index contributed by atoms with van der Waals surface area (Å²) in [5, 5.41) is 19.1. The number of esters is 1. The number of benzene rings is 1. The second-order valence-electron chi connectivity index (χ2n) is 5.04. The van der Waals surface area contributed by atoms with Crippen LogP contribution in [-0.4, -0.2) is 47.6 Å². The highest BCUT2D eigenvalue weighted by Crippen LogP contribution is 2.43. The number of methoxy groups -OCH3 is 1. The van der Waals surface area contributed by atoms with E-state index in [0.717, 1.165) is 11.6 Å². The molecule has 7 heteroatoms. The van der Waals surface area contributed by atoms with Crippen molar-refractivity contribution in [2.75, 3.05) is 7.11 Å². The van der Waals surface area contributed by atoms with Crippen molar-refractivity contribution >= 4 is 11.9 Å². The Kier molecular flexibility index (Phi) is 5.36. The van der Waals surface area contributed by atoms with Crippen molar-refractivity contribution in [3.05, 3.63) is 47.7 Å². The van der Waals surface area contributed by atoms with E-state index in [-0.39, 0.29) is 11.9 Å². The van der Waals surface area contributed by atoms with Crippen molar-refractivity contribution in [3.63, 3.8) is 0 Å². The fourth-order valence-corrected chi connectivity index (χ4v) is 2.34. The SMILES string of the molecule is COC(=CC(=O)O)[C@H](O)[C@@H](OC(C)=O)[C@H]1O[C@@H]1c1ccccc1. The molecule has 124 valence electrons. The third-order valence-corrected chi connectivity index (χ3v) is 3.38. The molecule has 0 saturated carbocycles. The maximum atomic E-state index is 11.3. The number of rotatable bonds is 7. The number of aliphatic hydroxyl groups is 1. The Morgan fingerprint density at radius 2 is 1.96 bits per heavy atom. The standard InChI is InChI=1S/C16H18O7/c1-9(17)22-15(13(20)11(21-2)8-12(18)19)16-14(23-16)10-6-4-3-5-7-10/h3-8,13-16,20H,1-2H3,(H,18,19)/t13-,14+,15+,16-/m0/s1. The summed E-state index contributed by atoms with van der Waals surface area (Å²) in [6.45, 7) is 1.20. The highest BCUT2D eigenvalue weighted by atomic mass is 16.6. The first-order chi connectivity index (χ1) is 10.9. The molecule has 0 unspecified atom stereocenters. The van der Waals surface area contributed by atoms with Gasteiger partial charge in [-0.3, -0.25) is 4.79 Å². The maximum absolute atomic E-state index is 11.3. The molecule has 2 rings (SSSR count). The number of aliphatic hydroxyl groups excluding tert-OH is 1. The Hall–Kier alpha value is -2.38. The Morgan fingerprint density at radius 3 is 2.48 bits per heavy atom. The first kappa shape index (κ1) is 17.0. The molecule has 0 radical (unpaired) electrons. The van der Waals surface area contributed by atoms with Gasteiger partial charge < -0.3 is 24.4 Å². The highest BCUT2D eigenvalue weighted by Gasteiger charge is 2.51. The molecule has 7 nitrogen and oxygen atoms in total. The number of carbonyl (C=O) groups excluding carboxylic acids is 1. The van der Waals surface area contributed by atoms with Crippen LogP contribution >= 0.6 is 0 Å². The maximum Gasteiger partial charge on any atom is 0.331 e. The smallest absolute Gasteiger partial charge is 0.331 e. The lowest BCUT2D eigenvalue weighted by atomic mass is 10.0. The third-order valence-electron chi connectivity index (χ3n) is 3.38. The van der Waals surface area contributed by atoms with Gasteiger partial charge >= 0.3 is 11.9 Å². The van der Waals surface area contributed by atoms with Crippen LogP contribution in [0.4, 0.5) is 0 Å². The summed E-state index contributed by atoms with van der Waals surface area (Å²) >= 11 is 0. The average molecular weight is 322 g/mol. The van der Waals surface area contributed by atoms with Crippen LogP contribution in [0.1, 0.15) is 18.6 Å². The average Bonchev–Trinajstić information content (AvgIpc) is 3.30. The molecular formula is C16H18O7. The zero-order chi connectivity index (χ0) is 17.0. The molecule has 1 aromatic rings. The van der Waals surface area contributed by atoms with Crippen molar-refractivity contribution in [1.29, 1.82) is 0 Å². The largest absolute Gasteiger partial charge is 0.498 e. The number of hydrogen-bond acceptors (Lipinski definition) is 6. The van der Waals surface area contributed by atoms with E-state index in [1.165, 1.54) is 14.0 Å². The number of epoxide rings is 1. The second kappa shape index (κ2) is 7.26. The van der Waals surface area contributed by atoms with Gasteiger partial charge in [-0.05, 0) is 5.56 Å². The van der Waals surface area contributed by atoms with Crippen LogP contribution < -0.4 is 0 Å². The number of hydrogen-bond donors (Lipinski definition) is 2. The second-order valence-corrected chi connectivity index (χ2v) is 5.04. The summed E-state index contributed by atoms with van der Waals surface area (Å²) in [5.41, 5.74) is 0.878. The first-order valence-electron chi connectivity index (χ1n) is 6.98. The van der Waals surface area contributed by atoms with Crippen LogP contribution in [0.3, 0.4) is 0 Å². The fourth-order valence-electron chi connectivity index (χ4n) is 2.34. The minimum Gasteiger partial charge on any atom is -0.498 e. The zero-order valence-electron chi connectivity index (χ0n) is 12.7. The van der Waals surface area contributed by atoms with Crippen LogP contribution in [0.5, 0.6) is 0 Å². The van der Waals surface area contributed by atoms with Crippen LogP contribution in [-0.2, 0) is 23.8 Å². The van der Waals surface area contributed by atoms with Gasteiger partial charge in [0.25, 0.3) is 0 Å². The summed E-state index contributed by atoms with van der Waals surface area (Å²) in [5.74, 6) is -2.10. The quantitative estimate of drug-likeness (QED) is 0.334. The molecule has 2 N–H and O–H groups in total. The van der Waals surface area contributed by atoms with E-state index >= 15 is 0 Å². The summed E-state index contributed by atoms with van der Waals surface area (Å²) in [6, 6.07) is 9.25. The highest BCUT2D eigenvalue weighted by molar-refractivity contribution is 5.80. The lowest BCUT2D eigenvalue weighted by Gasteiger charge is -2.22. The van der Waals surface area contributed by atoms with E-state index in [1.54, 1.807) is 0 Å². The van der Waals surface area contributed by atoms with Crippen molar-refractivity contribution in [2.45, 2.75) is 31.3 Å². The fraction of sp³-hybridized carbons (Fsp3) is 0.375. The Balaban J connectivity index is 2.18. The molecule has 0 aromatic heterocycles. The van der Waals surface area contributed by atoms with Gasteiger partial charge in [-0.1, -0.05) is 30.3 Å². The lowest BCUT2D eigenvalue weighted by Crippen LogP contribution is -2.37. The zero-order valence-corrected chi connectivity index (χ0v) is 12.7. The van der Waals surface area contributed by atoms with Gasteiger partial charge in [0.1, 0.15) is 18.0 Å². The van der Waals surface area contributed by atoms with Gasteiger partial charge in [-0.25, -0.2) is 4.79 Å². The molecule has 1 fully saturated rings. The summed E-state index contributed by atoms with van der Waals surface area (Å²) in [7, 11) is 1.23. The van der Waals surface area contributed by atoms with Gasteiger partial charge in [0, 0.05) is 6.92 Å². The number of ether oxygens (including phenoxy) is 3. The number of carboxylic acid groups (broad SMARTS) is 1. The predicted octanol–water partition coefficient (Wildman–Crippen LogP) is 1.03. The van der Waals surface area contributed by atoms with Crippen LogP contribution in [0.15, 0.2) is 42.2 Å². The molecule has 4 atom stereocenters. The van der Waals surface area contributed by atoms with Crippen molar-refractivity contribution in [1.82, 2.24) is 0 Å². The van der Waals surface area contributed by atoms with Crippen molar-refractivity contribution in [2.24, 2.45) is 0 Å². The summed E-state index contributed by atoms with van der Waals surface area (Å²) in [4.78, 5) is 22.1. The van der Waals surface area contributed by atoms with Gasteiger partial charge in [-0.15, -0.1) is 0 Å². The van der Waals surface area contributed by atoms with Crippen LogP contribution in [0.25, 0.3) is 0 Å². The molecule has 1 aliphatic rings. The number of carbonyl (C=O) groups is 2. The summed E-state index contributed by atoms with van der Waals surface area (Å²) < 4.78 is 15.5. The number of carboxylic acids is 1. The molecule has 23 heavy (non-hydrogen) atoms. The van der Waals surface area contributed by atoms with Crippen LogP contribution in [0.2, 0.25) is 0 Å². The van der Waals surface area contributed by atoms with Crippen molar-refractivity contribution in [3.8, 4) is 0 Å². The predicted molar refractivity (Wildman–Crippen MR) is 78.3 cm³/mol. The van der Waals surface area contributed by atoms with E-state index in [2.05, 4.69) is 0 Å². The minimum atomic E-state index is -1.45. The topological polar surface area (TPSA) is 106 Å². The normalized spacial score (nSPS) is 22.8. The van der Waals surface area contributed by atoms with Gasteiger partial charge in [0.2, 0.25) is 0 Å². The Morgan fingerprint density at radius 1 is 1.30 bits per heavy atom. The lowest BCUT2D eigenvalue weighted by molar-refractivity contribution is -0.153. The van der Waals surface area contributed by atoms with Gasteiger partial charge in [0.05, 0.1) is 13.2 Å². The first-order valence-corrected chi connectivity index (χ1v) is 6.98. The van der Waals surface area contributed by atoms with Gasteiger partial charge in [-0.2, -0.15) is 0 Å². The van der Waals surface area contributed by atoms with Crippen molar-refractivity contribution < 1.29 is 34.0 Å². The molecule has 0 amide bonds. The summed E-state index contributed by atoms with van der Waals surface area (Å²) in [6.07, 6.45) is -2.70. The van der Waals surface area contributed by atoms with E-state index in [0.29, 0.717) is 0 Å². The monoisotopic (exact) mass is 322 g/mol. The van der Waals surface area contributed by atoms with E-state index in [4.69, 9.17) is 19.3 Å². The van der Waals surface area contributed by atoms with Gasteiger partial charge in [0.15, 0.2) is 12.2 Å². The van der Waals surface area contributed by atoms with Crippen LogP contribution in [0, 0.1) is 0 Å².